The van der Waals surface area contributed by atoms with Crippen LogP contribution in [0.15, 0.2) is 0 Å². The molecule has 0 bridgehead atoms. The van der Waals surface area contributed by atoms with Crippen LogP contribution in [0.1, 0.15) is 44.9 Å². The predicted molar refractivity (Wildman–Crippen MR) is 71.0 cm³/mol. The van der Waals surface area contributed by atoms with E-state index in [0.717, 1.165) is 5.82 Å². The Morgan fingerprint density at radius 1 is 1.39 bits per heavy atom. The summed E-state index contributed by atoms with van der Waals surface area (Å²) in [7, 11) is -1.22. The van der Waals surface area contributed by atoms with E-state index in [9.17, 15) is 8.42 Å². The molecule has 0 fully saturated rings. The summed E-state index contributed by atoms with van der Waals surface area (Å²) >= 11 is 0. The number of hydrogen-bond acceptors (Lipinski definition) is 5. The highest BCUT2D eigenvalue weighted by Gasteiger charge is 2.23. The van der Waals surface area contributed by atoms with Crippen LogP contribution in [-0.2, 0) is 22.3 Å². The largest absolute Gasteiger partial charge is 0.321 e. The van der Waals surface area contributed by atoms with E-state index in [1.807, 2.05) is 20.8 Å². The zero-order chi connectivity index (χ0) is 14.1. The summed E-state index contributed by atoms with van der Waals surface area (Å²) in [4.78, 5) is 4.41. The Morgan fingerprint density at radius 2 is 1.94 bits per heavy atom. The van der Waals surface area contributed by atoms with E-state index in [4.69, 9.17) is 5.73 Å². The van der Waals surface area contributed by atoms with Crippen LogP contribution in [0.25, 0.3) is 0 Å². The van der Waals surface area contributed by atoms with Gasteiger partial charge in [0.2, 0.25) is 0 Å². The van der Waals surface area contributed by atoms with E-state index in [1.165, 1.54) is 6.26 Å². The Kier molecular flexibility index (Phi) is 4.17. The quantitative estimate of drug-likeness (QED) is 0.865. The second-order valence-corrected chi connectivity index (χ2v) is 7.95. The third-order valence-electron chi connectivity index (χ3n) is 2.60. The van der Waals surface area contributed by atoms with Crippen molar-refractivity contribution in [2.45, 2.75) is 38.6 Å². The van der Waals surface area contributed by atoms with Crippen molar-refractivity contribution in [3.8, 4) is 0 Å². The molecule has 1 rings (SSSR count). The number of aromatic nitrogens is 3. The first-order valence-electron chi connectivity index (χ1n) is 5.85. The highest BCUT2D eigenvalue weighted by atomic mass is 32.2. The molecule has 18 heavy (non-hydrogen) atoms. The highest BCUT2D eigenvalue weighted by Crippen LogP contribution is 2.21. The van der Waals surface area contributed by atoms with E-state index >= 15 is 0 Å². The van der Waals surface area contributed by atoms with Gasteiger partial charge in [-0.25, -0.2) is 13.4 Å². The molecule has 0 radical (unpaired) electrons. The molecule has 1 unspecified atom stereocenters. The normalized spacial score (nSPS) is 14.8. The molecule has 0 amide bonds. The lowest BCUT2D eigenvalue weighted by atomic mass is 9.96. The van der Waals surface area contributed by atoms with Crippen molar-refractivity contribution < 1.29 is 8.42 Å². The molecule has 0 aliphatic carbocycles. The maximum absolute atomic E-state index is 11.1. The number of rotatable bonds is 4. The van der Waals surface area contributed by atoms with E-state index in [-0.39, 0.29) is 11.2 Å². The monoisotopic (exact) mass is 274 g/mol. The zero-order valence-corrected chi connectivity index (χ0v) is 12.5. The average molecular weight is 274 g/mol. The van der Waals surface area contributed by atoms with Crippen LogP contribution < -0.4 is 5.73 Å². The first-order valence-corrected chi connectivity index (χ1v) is 7.91. The van der Waals surface area contributed by atoms with Crippen LogP contribution in [0.2, 0.25) is 0 Å². The SMILES string of the molecule is Cn1nc(C(C)(C)C)nc1C(N)CCS(C)(=O)=O. The Labute approximate surface area is 109 Å². The maximum Gasteiger partial charge on any atom is 0.156 e. The van der Waals surface area contributed by atoms with Gasteiger partial charge in [0.05, 0.1) is 11.8 Å². The third-order valence-corrected chi connectivity index (χ3v) is 3.58. The smallest absolute Gasteiger partial charge is 0.156 e. The third kappa shape index (κ3) is 4.06. The first kappa shape index (κ1) is 15.1. The molecule has 0 spiro atoms. The van der Waals surface area contributed by atoms with Crippen molar-refractivity contribution in [1.29, 1.82) is 0 Å². The van der Waals surface area contributed by atoms with Gasteiger partial charge in [-0.3, -0.25) is 4.68 Å². The summed E-state index contributed by atoms with van der Waals surface area (Å²) < 4.78 is 23.9. The Bertz CT molecular complexity index is 514. The van der Waals surface area contributed by atoms with Crippen molar-refractivity contribution >= 4 is 9.84 Å². The lowest BCUT2D eigenvalue weighted by molar-refractivity contribution is 0.538. The maximum atomic E-state index is 11.1. The van der Waals surface area contributed by atoms with Crippen molar-refractivity contribution in [2.24, 2.45) is 12.8 Å². The fourth-order valence-corrected chi connectivity index (χ4v) is 2.19. The van der Waals surface area contributed by atoms with Gasteiger partial charge in [-0.15, -0.1) is 0 Å². The minimum atomic E-state index is -3.00. The lowest BCUT2D eigenvalue weighted by Gasteiger charge is -2.12. The molecular weight excluding hydrogens is 252 g/mol. The summed E-state index contributed by atoms with van der Waals surface area (Å²) in [5.74, 6) is 1.41. The molecule has 104 valence electrons. The molecule has 7 heteroatoms. The lowest BCUT2D eigenvalue weighted by Crippen LogP contribution is -2.19. The highest BCUT2D eigenvalue weighted by molar-refractivity contribution is 7.90. The molecular formula is C11H22N4O2S. The van der Waals surface area contributed by atoms with Crippen LogP contribution in [-0.4, -0.2) is 35.2 Å². The van der Waals surface area contributed by atoms with E-state index in [1.54, 1.807) is 11.7 Å². The predicted octanol–water partition coefficient (Wildman–Crippen LogP) is 0.547. The molecule has 1 heterocycles. The molecule has 1 atom stereocenters. The average Bonchev–Trinajstić information content (AvgIpc) is 2.55. The zero-order valence-electron chi connectivity index (χ0n) is 11.6. The van der Waals surface area contributed by atoms with Gasteiger partial charge in [-0.1, -0.05) is 20.8 Å². The number of nitrogens with two attached hydrogens (primary N) is 1. The van der Waals surface area contributed by atoms with Crippen LogP contribution in [0.3, 0.4) is 0 Å². The summed E-state index contributed by atoms with van der Waals surface area (Å²) in [6, 6.07) is -0.409. The topological polar surface area (TPSA) is 90.9 Å². The Balaban J connectivity index is 2.87. The Hall–Kier alpha value is -0.950. The molecule has 6 nitrogen and oxygen atoms in total. The first-order chi connectivity index (χ1) is 8.00. The van der Waals surface area contributed by atoms with Gasteiger partial charge in [0.1, 0.15) is 15.7 Å². The number of aryl methyl sites for hydroxylation is 1. The molecule has 1 aromatic rings. The minimum Gasteiger partial charge on any atom is -0.321 e. The molecule has 0 aromatic carbocycles. The second kappa shape index (κ2) is 4.97. The number of sulfone groups is 1. The van der Waals surface area contributed by atoms with Crippen LogP contribution in [0.5, 0.6) is 0 Å². The van der Waals surface area contributed by atoms with Crippen molar-refractivity contribution in [2.75, 3.05) is 12.0 Å². The van der Waals surface area contributed by atoms with Gasteiger partial charge < -0.3 is 5.73 Å². The number of nitrogens with zero attached hydrogens (tertiary/aromatic N) is 3. The standard InChI is InChI=1S/C11H22N4O2S/c1-11(2,3)10-13-9(15(4)14-10)8(12)6-7-18(5,16)17/h8H,6-7,12H2,1-5H3. The van der Waals surface area contributed by atoms with Crippen LogP contribution >= 0.6 is 0 Å². The second-order valence-electron chi connectivity index (χ2n) is 5.69. The molecule has 0 saturated carbocycles. The minimum absolute atomic E-state index is 0.0614. The van der Waals surface area contributed by atoms with E-state index in [2.05, 4.69) is 10.1 Å². The molecule has 0 saturated heterocycles. The summed E-state index contributed by atoms with van der Waals surface area (Å²) in [5.41, 5.74) is 5.83. The number of hydrogen-bond donors (Lipinski definition) is 1. The molecule has 0 aliphatic rings. The van der Waals surface area contributed by atoms with Crippen molar-refractivity contribution in [3.05, 3.63) is 11.6 Å². The van der Waals surface area contributed by atoms with Crippen molar-refractivity contribution in [1.82, 2.24) is 14.8 Å². The summed E-state index contributed by atoms with van der Waals surface area (Å²) in [5, 5.41) is 4.32. The molecule has 0 aliphatic heterocycles. The van der Waals surface area contributed by atoms with Gasteiger partial charge >= 0.3 is 0 Å². The summed E-state index contributed by atoms with van der Waals surface area (Å²) in [6.45, 7) is 6.07. The van der Waals surface area contributed by atoms with Gasteiger partial charge in [0.25, 0.3) is 0 Å². The van der Waals surface area contributed by atoms with E-state index < -0.39 is 15.9 Å². The van der Waals surface area contributed by atoms with Crippen LogP contribution in [0.4, 0.5) is 0 Å². The summed E-state index contributed by atoms with van der Waals surface area (Å²) in [6.07, 6.45) is 1.56. The van der Waals surface area contributed by atoms with Gasteiger partial charge in [0.15, 0.2) is 5.82 Å². The Morgan fingerprint density at radius 3 is 2.33 bits per heavy atom. The van der Waals surface area contributed by atoms with Crippen molar-refractivity contribution in [3.63, 3.8) is 0 Å². The fourth-order valence-electron chi connectivity index (χ4n) is 1.51. The fraction of sp³-hybridized carbons (Fsp3) is 0.818. The van der Waals surface area contributed by atoms with Gasteiger partial charge in [-0.2, -0.15) is 5.10 Å². The van der Waals surface area contributed by atoms with Gasteiger partial charge in [-0.05, 0) is 6.42 Å². The van der Waals surface area contributed by atoms with Gasteiger partial charge in [0, 0.05) is 18.7 Å². The molecule has 1 aromatic heterocycles. The van der Waals surface area contributed by atoms with E-state index in [0.29, 0.717) is 12.2 Å². The molecule has 2 N–H and O–H groups in total. The van der Waals surface area contributed by atoms with Crippen LogP contribution in [0, 0.1) is 0 Å².